The molecule has 138 valence electrons. The number of nitrogens with zero attached hydrogens (tertiary/aromatic N) is 1. The lowest BCUT2D eigenvalue weighted by atomic mass is 9.98. The Hall–Kier alpha value is -1.30. The van der Waals surface area contributed by atoms with Gasteiger partial charge in [-0.2, -0.15) is 0 Å². The zero-order chi connectivity index (χ0) is 17.2. The van der Waals surface area contributed by atoms with Crippen molar-refractivity contribution >= 4 is 41.5 Å². The molecule has 7 heteroatoms. The number of hydrogen-bond acceptors (Lipinski definition) is 3. The Labute approximate surface area is 159 Å². The van der Waals surface area contributed by atoms with E-state index in [1.165, 1.54) is 6.42 Å². The molecule has 25 heavy (non-hydrogen) atoms. The van der Waals surface area contributed by atoms with E-state index in [4.69, 9.17) is 17.3 Å². The van der Waals surface area contributed by atoms with Crippen molar-refractivity contribution in [3.8, 4) is 0 Å². The number of rotatable bonds is 3. The smallest absolute Gasteiger partial charge is 0.255 e. The molecular formula is C18H25Cl2N3O2. The van der Waals surface area contributed by atoms with Crippen LogP contribution >= 0.6 is 24.0 Å². The molecule has 1 heterocycles. The maximum absolute atomic E-state index is 12.5. The third-order valence-electron chi connectivity index (χ3n) is 5.05. The van der Waals surface area contributed by atoms with E-state index >= 15 is 0 Å². The first-order valence-corrected chi connectivity index (χ1v) is 9.07. The first-order valence-electron chi connectivity index (χ1n) is 8.69. The van der Waals surface area contributed by atoms with Gasteiger partial charge in [0.05, 0.1) is 16.1 Å². The second kappa shape index (κ2) is 8.39. The highest BCUT2D eigenvalue weighted by Gasteiger charge is 2.37. The number of halogens is 2. The third-order valence-corrected chi connectivity index (χ3v) is 5.36. The van der Waals surface area contributed by atoms with Crippen LogP contribution in [0.25, 0.3) is 0 Å². The largest absolute Gasteiger partial charge is 0.339 e. The van der Waals surface area contributed by atoms with E-state index in [1.807, 2.05) is 4.90 Å². The van der Waals surface area contributed by atoms with Gasteiger partial charge in [0, 0.05) is 18.8 Å². The number of nitrogens with one attached hydrogen (secondary N) is 1. The van der Waals surface area contributed by atoms with Gasteiger partial charge >= 0.3 is 0 Å². The Morgan fingerprint density at radius 2 is 1.72 bits per heavy atom. The quantitative estimate of drug-likeness (QED) is 0.834. The predicted octanol–water partition coefficient (Wildman–Crippen LogP) is 3.60. The highest BCUT2D eigenvalue weighted by molar-refractivity contribution is 6.34. The molecular weight excluding hydrogens is 361 g/mol. The van der Waals surface area contributed by atoms with Crippen LogP contribution in [0.5, 0.6) is 0 Å². The average Bonchev–Trinajstić information content (AvgIpc) is 3.03. The Balaban J connectivity index is 0.00000225. The summed E-state index contributed by atoms with van der Waals surface area (Å²) in [5.74, 6) is -0.213. The molecule has 2 amide bonds. The second-order valence-corrected chi connectivity index (χ2v) is 7.27. The molecule has 3 rings (SSSR count). The predicted molar refractivity (Wildman–Crippen MR) is 102 cm³/mol. The summed E-state index contributed by atoms with van der Waals surface area (Å²) in [5, 5.41) is 3.20. The summed E-state index contributed by atoms with van der Waals surface area (Å²) in [4.78, 5) is 26.8. The van der Waals surface area contributed by atoms with Crippen LogP contribution in [0.2, 0.25) is 5.02 Å². The molecule has 2 fully saturated rings. The molecule has 0 radical (unpaired) electrons. The number of benzene rings is 1. The number of likely N-dealkylation sites (tertiary alicyclic amines) is 1. The van der Waals surface area contributed by atoms with Gasteiger partial charge in [0.2, 0.25) is 5.91 Å². The number of carbonyl (C=O) groups excluding carboxylic acids is 2. The van der Waals surface area contributed by atoms with Crippen molar-refractivity contribution in [2.45, 2.75) is 50.5 Å². The molecule has 0 unspecified atom stereocenters. The fourth-order valence-corrected chi connectivity index (χ4v) is 3.78. The highest BCUT2D eigenvalue weighted by atomic mass is 35.5. The van der Waals surface area contributed by atoms with Gasteiger partial charge in [0.1, 0.15) is 0 Å². The Morgan fingerprint density at radius 1 is 1.08 bits per heavy atom. The zero-order valence-electron chi connectivity index (χ0n) is 14.2. The van der Waals surface area contributed by atoms with Crippen LogP contribution in [0.1, 0.15) is 55.3 Å². The van der Waals surface area contributed by atoms with E-state index < -0.39 is 5.54 Å². The van der Waals surface area contributed by atoms with Crippen molar-refractivity contribution in [2.75, 3.05) is 18.4 Å². The highest BCUT2D eigenvalue weighted by Crippen LogP contribution is 2.29. The van der Waals surface area contributed by atoms with Gasteiger partial charge in [0.15, 0.2) is 0 Å². The molecule has 1 aromatic rings. The van der Waals surface area contributed by atoms with Crippen LogP contribution in [-0.4, -0.2) is 35.3 Å². The number of piperidine rings is 1. The molecule has 5 nitrogen and oxygen atoms in total. The summed E-state index contributed by atoms with van der Waals surface area (Å²) < 4.78 is 0. The standard InChI is InChI=1S/C18H24ClN3O2.ClH/c19-15-12-13(21-17(24)18(20)8-2-3-9-18)6-7-14(15)16(23)22-10-4-1-5-11-22;/h6-7,12H,1-5,8-11,20H2,(H,21,24);1H. The minimum atomic E-state index is -0.783. The zero-order valence-corrected chi connectivity index (χ0v) is 15.8. The molecule has 3 N–H and O–H groups in total. The van der Waals surface area contributed by atoms with Gasteiger partial charge in [-0.05, 0) is 50.3 Å². The van der Waals surface area contributed by atoms with Crippen molar-refractivity contribution < 1.29 is 9.59 Å². The maximum Gasteiger partial charge on any atom is 0.255 e. The monoisotopic (exact) mass is 385 g/mol. The van der Waals surface area contributed by atoms with E-state index in [1.54, 1.807) is 18.2 Å². The second-order valence-electron chi connectivity index (χ2n) is 6.86. The lowest BCUT2D eigenvalue weighted by Crippen LogP contribution is -2.48. The molecule has 1 saturated heterocycles. The number of carbonyl (C=O) groups is 2. The van der Waals surface area contributed by atoms with Crippen LogP contribution < -0.4 is 11.1 Å². The minimum Gasteiger partial charge on any atom is -0.339 e. The van der Waals surface area contributed by atoms with Gasteiger partial charge < -0.3 is 16.0 Å². The fourth-order valence-electron chi connectivity index (χ4n) is 3.52. The normalized spacial score (nSPS) is 19.2. The molecule has 0 bridgehead atoms. The van der Waals surface area contributed by atoms with E-state index in [0.717, 1.165) is 38.8 Å². The number of nitrogens with two attached hydrogens (primary N) is 1. The lowest BCUT2D eigenvalue weighted by molar-refractivity contribution is -0.121. The van der Waals surface area contributed by atoms with Crippen molar-refractivity contribution in [3.05, 3.63) is 28.8 Å². The Bertz CT molecular complexity index is 639. The fraction of sp³-hybridized carbons (Fsp3) is 0.556. The molecule has 1 aliphatic heterocycles. The first kappa shape index (κ1) is 20.0. The van der Waals surface area contributed by atoms with Gasteiger partial charge in [-0.25, -0.2) is 0 Å². The Morgan fingerprint density at radius 3 is 2.32 bits per heavy atom. The van der Waals surface area contributed by atoms with E-state index in [-0.39, 0.29) is 24.2 Å². The summed E-state index contributed by atoms with van der Waals surface area (Å²) in [6, 6.07) is 5.04. The van der Waals surface area contributed by atoms with Gasteiger partial charge in [-0.15, -0.1) is 12.4 Å². The van der Waals surface area contributed by atoms with Crippen LogP contribution in [0.15, 0.2) is 18.2 Å². The minimum absolute atomic E-state index is 0. The summed E-state index contributed by atoms with van der Waals surface area (Å²) in [5.41, 5.74) is 6.44. The lowest BCUT2D eigenvalue weighted by Gasteiger charge is -2.27. The van der Waals surface area contributed by atoms with Crippen LogP contribution in [-0.2, 0) is 4.79 Å². The summed E-state index contributed by atoms with van der Waals surface area (Å²) in [7, 11) is 0. The van der Waals surface area contributed by atoms with Gasteiger partial charge in [-0.1, -0.05) is 24.4 Å². The average molecular weight is 386 g/mol. The summed E-state index contributed by atoms with van der Waals surface area (Å²) in [6.07, 6.45) is 6.62. The number of anilines is 1. The molecule has 1 saturated carbocycles. The van der Waals surface area contributed by atoms with Gasteiger partial charge in [-0.3, -0.25) is 9.59 Å². The summed E-state index contributed by atoms with van der Waals surface area (Å²) in [6.45, 7) is 1.56. The molecule has 2 aliphatic rings. The molecule has 0 spiro atoms. The van der Waals surface area contributed by atoms with Crippen molar-refractivity contribution in [3.63, 3.8) is 0 Å². The molecule has 1 aromatic carbocycles. The van der Waals surface area contributed by atoms with Crippen molar-refractivity contribution in [1.29, 1.82) is 0 Å². The third kappa shape index (κ3) is 4.46. The number of hydrogen-bond donors (Lipinski definition) is 2. The molecule has 0 aromatic heterocycles. The van der Waals surface area contributed by atoms with E-state index in [9.17, 15) is 9.59 Å². The maximum atomic E-state index is 12.5. The van der Waals surface area contributed by atoms with Crippen LogP contribution in [0.3, 0.4) is 0 Å². The van der Waals surface area contributed by atoms with E-state index in [2.05, 4.69) is 5.32 Å². The first-order chi connectivity index (χ1) is 11.5. The summed E-state index contributed by atoms with van der Waals surface area (Å²) >= 11 is 6.29. The van der Waals surface area contributed by atoms with Crippen LogP contribution in [0.4, 0.5) is 5.69 Å². The molecule has 0 atom stereocenters. The Kier molecular flexibility index (Phi) is 6.72. The van der Waals surface area contributed by atoms with Crippen molar-refractivity contribution in [1.82, 2.24) is 4.90 Å². The van der Waals surface area contributed by atoms with Crippen molar-refractivity contribution in [2.24, 2.45) is 5.73 Å². The topological polar surface area (TPSA) is 75.4 Å². The van der Waals surface area contributed by atoms with Gasteiger partial charge in [0.25, 0.3) is 5.91 Å². The van der Waals surface area contributed by atoms with Crippen LogP contribution in [0, 0.1) is 0 Å². The number of amides is 2. The molecule has 1 aliphatic carbocycles. The van der Waals surface area contributed by atoms with E-state index in [0.29, 0.717) is 29.1 Å². The SMILES string of the molecule is Cl.NC1(C(=O)Nc2ccc(C(=O)N3CCCCC3)c(Cl)c2)CCCC1.